The smallest absolute Gasteiger partial charge is 0.309 e. The Kier molecular flexibility index (Phi) is 6.54. The lowest BCUT2D eigenvalue weighted by atomic mass is 10.2. The van der Waals surface area contributed by atoms with Crippen LogP contribution in [0.2, 0.25) is 0 Å². The maximum absolute atomic E-state index is 11.1. The van der Waals surface area contributed by atoms with Crippen LogP contribution in [0.3, 0.4) is 0 Å². The highest BCUT2D eigenvalue weighted by atomic mass is 16.5. The Hall–Kier alpha value is -0.610. The van der Waals surface area contributed by atoms with E-state index in [1.807, 2.05) is 13.8 Å². The summed E-state index contributed by atoms with van der Waals surface area (Å²) in [5.74, 6) is -0.252. The number of carbonyl (C=O) groups is 1. The fraction of sp³-hybridized carbons (Fsp3) is 0.889. The van der Waals surface area contributed by atoms with E-state index < -0.39 is 0 Å². The Labute approximate surface area is 79.8 Å². The summed E-state index contributed by atoms with van der Waals surface area (Å²) in [6.45, 7) is 7.36. The third-order valence-electron chi connectivity index (χ3n) is 1.61. The van der Waals surface area contributed by atoms with Gasteiger partial charge in [-0.3, -0.25) is 4.79 Å². The quantitative estimate of drug-likeness (QED) is 0.581. The van der Waals surface area contributed by atoms with Crippen LogP contribution in [0.5, 0.6) is 0 Å². The molecule has 4 nitrogen and oxygen atoms in total. The second kappa shape index (κ2) is 6.86. The molecule has 0 rings (SSSR count). The second-order valence-corrected chi connectivity index (χ2v) is 3.29. The minimum Gasteiger partial charge on any atom is -0.466 e. The summed E-state index contributed by atoms with van der Waals surface area (Å²) in [6, 6.07) is 0.120. The number of rotatable bonds is 6. The van der Waals surface area contributed by atoms with Gasteiger partial charge in [-0.15, -0.1) is 0 Å². The second-order valence-electron chi connectivity index (χ2n) is 3.29. The first-order valence-electron chi connectivity index (χ1n) is 4.70. The van der Waals surface area contributed by atoms with Crippen molar-refractivity contribution in [3.63, 3.8) is 0 Å². The number of carbonyl (C=O) groups excluding carboxylic acids is 1. The number of esters is 1. The fourth-order valence-electron chi connectivity index (χ4n) is 0.895. The number of hydrogen-bond acceptors (Lipinski definition) is 4. The van der Waals surface area contributed by atoms with Crippen LogP contribution in [-0.2, 0) is 9.53 Å². The zero-order valence-electron chi connectivity index (χ0n) is 8.67. The van der Waals surface area contributed by atoms with Crippen molar-refractivity contribution in [3.8, 4) is 0 Å². The van der Waals surface area contributed by atoms with E-state index in [1.54, 1.807) is 6.92 Å². The summed E-state index contributed by atoms with van der Waals surface area (Å²) >= 11 is 0. The van der Waals surface area contributed by atoms with E-state index in [-0.39, 0.29) is 17.9 Å². The highest BCUT2D eigenvalue weighted by Gasteiger charge is 2.12. The van der Waals surface area contributed by atoms with Crippen molar-refractivity contribution in [2.75, 3.05) is 19.7 Å². The molecule has 0 aliphatic heterocycles. The summed E-state index contributed by atoms with van der Waals surface area (Å²) in [7, 11) is 0. The Morgan fingerprint density at radius 1 is 1.46 bits per heavy atom. The van der Waals surface area contributed by atoms with Gasteiger partial charge >= 0.3 is 5.97 Å². The lowest BCUT2D eigenvalue weighted by Crippen LogP contribution is -2.35. The molecule has 0 aromatic rings. The molecule has 3 N–H and O–H groups in total. The van der Waals surface area contributed by atoms with Gasteiger partial charge in [0.15, 0.2) is 0 Å². The molecule has 0 fully saturated rings. The van der Waals surface area contributed by atoms with Gasteiger partial charge < -0.3 is 15.8 Å². The summed E-state index contributed by atoms with van der Waals surface area (Å²) in [5, 5.41) is 3.10. The number of hydrogen-bond donors (Lipinski definition) is 2. The predicted molar refractivity (Wildman–Crippen MR) is 52.3 cm³/mol. The van der Waals surface area contributed by atoms with E-state index in [9.17, 15) is 4.79 Å². The molecule has 2 atom stereocenters. The van der Waals surface area contributed by atoms with Gasteiger partial charge in [-0.25, -0.2) is 0 Å². The SMILES string of the molecule is CCOC(=O)C(C)CNCC(C)N. The minimum atomic E-state index is -0.153. The molecule has 0 radical (unpaired) electrons. The first-order valence-corrected chi connectivity index (χ1v) is 4.70. The summed E-state index contributed by atoms with van der Waals surface area (Å²) < 4.78 is 4.85. The van der Waals surface area contributed by atoms with Crippen LogP contribution in [-0.4, -0.2) is 31.7 Å². The van der Waals surface area contributed by atoms with Crippen LogP contribution >= 0.6 is 0 Å². The number of nitrogens with two attached hydrogens (primary N) is 1. The summed E-state index contributed by atoms with van der Waals surface area (Å²) in [6.07, 6.45) is 0. The van der Waals surface area contributed by atoms with E-state index in [0.29, 0.717) is 13.2 Å². The highest BCUT2D eigenvalue weighted by Crippen LogP contribution is 1.96. The average molecular weight is 188 g/mol. The maximum atomic E-state index is 11.1. The van der Waals surface area contributed by atoms with Crippen molar-refractivity contribution in [1.82, 2.24) is 5.32 Å². The van der Waals surface area contributed by atoms with Gasteiger partial charge in [0.2, 0.25) is 0 Å². The van der Waals surface area contributed by atoms with Crippen LogP contribution < -0.4 is 11.1 Å². The lowest BCUT2D eigenvalue weighted by Gasteiger charge is -2.12. The van der Waals surface area contributed by atoms with Crippen molar-refractivity contribution < 1.29 is 9.53 Å². The number of nitrogens with one attached hydrogen (secondary N) is 1. The molecule has 0 aliphatic rings. The van der Waals surface area contributed by atoms with Gasteiger partial charge in [0.05, 0.1) is 12.5 Å². The van der Waals surface area contributed by atoms with Gasteiger partial charge in [-0.05, 0) is 13.8 Å². The molecule has 0 aliphatic carbocycles. The van der Waals surface area contributed by atoms with Gasteiger partial charge in [-0.2, -0.15) is 0 Å². The third kappa shape index (κ3) is 6.54. The van der Waals surface area contributed by atoms with Crippen LogP contribution in [0.4, 0.5) is 0 Å². The average Bonchev–Trinajstić information content (AvgIpc) is 2.04. The standard InChI is InChI=1S/C9H20N2O2/c1-4-13-9(12)7(2)5-11-6-8(3)10/h7-8,11H,4-6,10H2,1-3H3. The minimum absolute atomic E-state index is 0.0984. The van der Waals surface area contributed by atoms with Crippen molar-refractivity contribution >= 4 is 5.97 Å². The normalized spacial score (nSPS) is 15.1. The molecule has 0 aromatic carbocycles. The molecule has 0 heterocycles. The Bertz CT molecular complexity index is 149. The molecule has 0 bridgehead atoms. The summed E-state index contributed by atoms with van der Waals surface area (Å²) in [4.78, 5) is 11.1. The van der Waals surface area contributed by atoms with E-state index in [1.165, 1.54) is 0 Å². The van der Waals surface area contributed by atoms with Gasteiger partial charge in [0.25, 0.3) is 0 Å². The fourth-order valence-corrected chi connectivity index (χ4v) is 0.895. The van der Waals surface area contributed by atoms with Gasteiger partial charge in [0.1, 0.15) is 0 Å². The first-order chi connectivity index (χ1) is 6.07. The highest BCUT2D eigenvalue weighted by molar-refractivity contribution is 5.72. The van der Waals surface area contributed by atoms with E-state index in [4.69, 9.17) is 10.5 Å². The molecule has 13 heavy (non-hydrogen) atoms. The molecule has 78 valence electrons. The van der Waals surface area contributed by atoms with Crippen molar-refractivity contribution in [2.45, 2.75) is 26.8 Å². The molecule has 0 amide bonds. The topological polar surface area (TPSA) is 64.3 Å². The van der Waals surface area contributed by atoms with Gasteiger partial charge in [-0.1, -0.05) is 6.92 Å². The molecular formula is C9H20N2O2. The van der Waals surface area contributed by atoms with Crippen LogP contribution in [0, 0.1) is 5.92 Å². The lowest BCUT2D eigenvalue weighted by molar-refractivity contribution is -0.147. The largest absolute Gasteiger partial charge is 0.466 e. The van der Waals surface area contributed by atoms with E-state index in [0.717, 1.165) is 6.54 Å². The van der Waals surface area contributed by atoms with E-state index in [2.05, 4.69) is 5.32 Å². The van der Waals surface area contributed by atoms with E-state index >= 15 is 0 Å². The molecule has 4 heteroatoms. The molecule has 2 unspecified atom stereocenters. The maximum Gasteiger partial charge on any atom is 0.309 e. The molecule has 0 spiro atoms. The summed E-state index contributed by atoms with van der Waals surface area (Å²) in [5.41, 5.74) is 5.53. The molecule has 0 saturated heterocycles. The molecule has 0 aromatic heterocycles. The molecular weight excluding hydrogens is 168 g/mol. The Morgan fingerprint density at radius 2 is 2.08 bits per heavy atom. The first kappa shape index (κ1) is 12.4. The monoisotopic (exact) mass is 188 g/mol. The van der Waals surface area contributed by atoms with Crippen LogP contribution in [0.15, 0.2) is 0 Å². The van der Waals surface area contributed by atoms with Crippen LogP contribution in [0.25, 0.3) is 0 Å². The van der Waals surface area contributed by atoms with Crippen molar-refractivity contribution in [2.24, 2.45) is 11.7 Å². The van der Waals surface area contributed by atoms with Crippen molar-refractivity contribution in [3.05, 3.63) is 0 Å². The zero-order chi connectivity index (χ0) is 10.3. The van der Waals surface area contributed by atoms with Crippen LogP contribution in [0.1, 0.15) is 20.8 Å². The number of ether oxygens (including phenoxy) is 1. The Morgan fingerprint density at radius 3 is 2.54 bits per heavy atom. The third-order valence-corrected chi connectivity index (χ3v) is 1.61. The zero-order valence-corrected chi connectivity index (χ0v) is 8.67. The molecule has 0 saturated carbocycles. The Balaban J connectivity index is 3.49. The van der Waals surface area contributed by atoms with Crippen molar-refractivity contribution in [1.29, 1.82) is 0 Å². The predicted octanol–water partition coefficient (Wildman–Crippen LogP) is 0.122. The van der Waals surface area contributed by atoms with Gasteiger partial charge in [0, 0.05) is 19.1 Å².